The molecule has 3 heterocycles. The molecule has 3 aromatic heterocycles. The minimum Gasteiger partial charge on any atom is -0.363 e. The molecule has 0 amide bonds. The number of hydrogen-bond donors (Lipinski definition) is 1. The third kappa shape index (κ3) is 2.33. The van der Waals surface area contributed by atoms with Gasteiger partial charge in [0, 0.05) is 22.0 Å². The van der Waals surface area contributed by atoms with Gasteiger partial charge in [-0.25, -0.2) is 9.50 Å². The molecule has 0 aliphatic heterocycles. The Hall–Kier alpha value is -1.88. The highest BCUT2D eigenvalue weighted by molar-refractivity contribution is 7.12. The lowest BCUT2D eigenvalue weighted by molar-refractivity contribution is 0.864. The monoisotopic (exact) mass is 272 g/mol. The lowest BCUT2D eigenvalue weighted by Gasteiger charge is -2.14. The first kappa shape index (κ1) is 12.2. The van der Waals surface area contributed by atoms with Crippen LogP contribution in [0.25, 0.3) is 5.65 Å². The number of hydrogen-bond acceptors (Lipinski definition) is 4. The van der Waals surface area contributed by atoms with Crippen LogP contribution in [0.3, 0.4) is 0 Å². The van der Waals surface area contributed by atoms with Crippen molar-refractivity contribution in [1.82, 2.24) is 14.6 Å². The molecule has 3 aromatic rings. The predicted octanol–water partition coefficient (Wildman–Crippen LogP) is 3.58. The molecule has 0 aliphatic carbocycles. The van der Waals surface area contributed by atoms with E-state index in [0.717, 1.165) is 11.5 Å². The molecular formula is C14H16N4S. The number of rotatable bonds is 3. The van der Waals surface area contributed by atoms with Crippen LogP contribution in [0.2, 0.25) is 0 Å². The van der Waals surface area contributed by atoms with Crippen molar-refractivity contribution >= 4 is 22.8 Å². The molecule has 19 heavy (non-hydrogen) atoms. The van der Waals surface area contributed by atoms with Crippen LogP contribution >= 0.6 is 11.3 Å². The van der Waals surface area contributed by atoms with Crippen LogP contribution in [0, 0.1) is 13.8 Å². The van der Waals surface area contributed by atoms with Crippen molar-refractivity contribution in [3.8, 4) is 0 Å². The van der Waals surface area contributed by atoms with Crippen LogP contribution in [-0.4, -0.2) is 14.6 Å². The SMILES string of the molecule is Cc1cc(C(C)Nc2ccn3nccc3n2)c(C)s1. The van der Waals surface area contributed by atoms with E-state index in [2.05, 4.69) is 42.2 Å². The van der Waals surface area contributed by atoms with Gasteiger partial charge in [0.1, 0.15) is 5.82 Å². The second-order valence-corrected chi connectivity index (χ2v) is 6.14. The minimum absolute atomic E-state index is 0.253. The van der Waals surface area contributed by atoms with Gasteiger partial charge in [0.05, 0.1) is 12.2 Å². The van der Waals surface area contributed by atoms with E-state index in [1.807, 2.05) is 29.7 Å². The highest BCUT2D eigenvalue weighted by Crippen LogP contribution is 2.28. The molecule has 0 bridgehead atoms. The van der Waals surface area contributed by atoms with Gasteiger partial charge in [-0.15, -0.1) is 11.3 Å². The third-order valence-corrected chi connectivity index (χ3v) is 4.15. The second kappa shape index (κ2) is 4.66. The summed E-state index contributed by atoms with van der Waals surface area (Å²) in [6.07, 6.45) is 3.67. The van der Waals surface area contributed by atoms with Gasteiger partial charge in [0.25, 0.3) is 0 Å². The Labute approximate surface area is 116 Å². The van der Waals surface area contributed by atoms with Gasteiger partial charge in [-0.05, 0) is 38.5 Å². The lowest BCUT2D eigenvalue weighted by atomic mass is 10.1. The van der Waals surface area contributed by atoms with Gasteiger partial charge < -0.3 is 5.32 Å². The first-order chi connectivity index (χ1) is 9.13. The summed E-state index contributed by atoms with van der Waals surface area (Å²) in [5.41, 5.74) is 2.20. The molecule has 4 nitrogen and oxygen atoms in total. The topological polar surface area (TPSA) is 42.2 Å². The molecule has 0 aliphatic rings. The highest BCUT2D eigenvalue weighted by atomic mass is 32.1. The van der Waals surface area contributed by atoms with E-state index in [4.69, 9.17) is 0 Å². The maximum atomic E-state index is 4.53. The summed E-state index contributed by atoms with van der Waals surface area (Å²) in [5, 5.41) is 7.59. The predicted molar refractivity (Wildman–Crippen MR) is 78.8 cm³/mol. The number of anilines is 1. The Morgan fingerprint density at radius 1 is 1.32 bits per heavy atom. The number of aromatic nitrogens is 3. The second-order valence-electron chi connectivity index (χ2n) is 4.68. The van der Waals surface area contributed by atoms with Crippen LogP contribution < -0.4 is 5.32 Å². The van der Waals surface area contributed by atoms with E-state index in [1.54, 1.807) is 10.7 Å². The number of nitrogens with zero attached hydrogens (tertiary/aromatic N) is 3. The van der Waals surface area contributed by atoms with Crippen LogP contribution in [-0.2, 0) is 0 Å². The summed E-state index contributed by atoms with van der Waals surface area (Å²) in [6.45, 7) is 6.47. The molecule has 1 N–H and O–H groups in total. The van der Waals surface area contributed by atoms with Crippen molar-refractivity contribution < 1.29 is 0 Å². The fourth-order valence-corrected chi connectivity index (χ4v) is 3.30. The molecule has 5 heteroatoms. The zero-order valence-electron chi connectivity index (χ0n) is 11.2. The summed E-state index contributed by atoms with van der Waals surface area (Å²) < 4.78 is 1.76. The van der Waals surface area contributed by atoms with Crippen molar-refractivity contribution in [2.45, 2.75) is 26.8 Å². The van der Waals surface area contributed by atoms with Gasteiger partial charge in [-0.1, -0.05) is 0 Å². The molecule has 0 fully saturated rings. The van der Waals surface area contributed by atoms with Crippen molar-refractivity contribution in [3.05, 3.63) is 45.9 Å². The van der Waals surface area contributed by atoms with Crippen molar-refractivity contribution in [1.29, 1.82) is 0 Å². The van der Waals surface area contributed by atoms with Crippen LogP contribution in [0.4, 0.5) is 5.82 Å². The van der Waals surface area contributed by atoms with E-state index in [-0.39, 0.29) is 6.04 Å². The number of nitrogens with one attached hydrogen (secondary N) is 1. The fraction of sp³-hybridized carbons (Fsp3) is 0.286. The standard InChI is InChI=1S/C14H16N4S/c1-9-8-12(11(3)19-9)10(2)16-13-5-7-18-14(17-13)4-6-15-18/h4-8,10H,1-3H3,(H,16,17). The molecule has 0 aromatic carbocycles. The van der Waals surface area contributed by atoms with E-state index in [0.29, 0.717) is 0 Å². The fourth-order valence-electron chi connectivity index (χ4n) is 2.27. The zero-order valence-corrected chi connectivity index (χ0v) is 12.0. The summed E-state index contributed by atoms with van der Waals surface area (Å²) in [7, 11) is 0. The van der Waals surface area contributed by atoms with Gasteiger partial charge in [-0.3, -0.25) is 0 Å². The summed E-state index contributed by atoms with van der Waals surface area (Å²) in [6, 6.07) is 6.35. The molecule has 0 spiro atoms. The van der Waals surface area contributed by atoms with Crippen molar-refractivity contribution in [2.75, 3.05) is 5.32 Å². The quantitative estimate of drug-likeness (QED) is 0.792. The molecular weight excluding hydrogens is 256 g/mol. The summed E-state index contributed by atoms with van der Waals surface area (Å²) in [4.78, 5) is 7.24. The Bertz CT molecular complexity index is 713. The Kier molecular flexibility index (Phi) is 2.98. The summed E-state index contributed by atoms with van der Waals surface area (Å²) in [5.74, 6) is 0.878. The Morgan fingerprint density at radius 2 is 2.16 bits per heavy atom. The molecule has 0 saturated carbocycles. The lowest BCUT2D eigenvalue weighted by Crippen LogP contribution is -2.08. The van der Waals surface area contributed by atoms with Crippen LogP contribution in [0.5, 0.6) is 0 Å². The number of aryl methyl sites for hydroxylation is 2. The van der Waals surface area contributed by atoms with Crippen LogP contribution in [0.1, 0.15) is 28.3 Å². The van der Waals surface area contributed by atoms with Crippen molar-refractivity contribution in [2.24, 2.45) is 0 Å². The van der Waals surface area contributed by atoms with Gasteiger partial charge in [-0.2, -0.15) is 5.10 Å². The Balaban J connectivity index is 1.85. The first-order valence-corrected chi connectivity index (χ1v) is 7.09. The Morgan fingerprint density at radius 3 is 2.89 bits per heavy atom. The van der Waals surface area contributed by atoms with E-state index < -0.39 is 0 Å². The molecule has 1 atom stereocenters. The van der Waals surface area contributed by atoms with E-state index in [1.165, 1.54) is 15.3 Å². The molecule has 98 valence electrons. The normalized spacial score (nSPS) is 12.8. The highest BCUT2D eigenvalue weighted by Gasteiger charge is 2.11. The maximum absolute atomic E-state index is 4.53. The molecule has 1 unspecified atom stereocenters. The first-order valence-electron chi connectivity index (χ1n) is 6.27. The van der Waals surface area contributed by atoms with Gasteiger partial charge in [0.15, 0.2) is 5.65 Å². The van der Waals surface area contributed by atoms with Gasteiger partial charge >= 0.3 is 0 Å². The third-order valence-electron chi connectivity index (χ3n) is 3.17. The number of fused-ring (bicyclic) bond motifs is 1. The maximum Gasteiger partial charge on any atom is 0.157 e. The number of thiophene rings is 1. The smallest absolute Gasteiger partial charge is 0.157 e. The van der Waals surface area contributed by atoms with E-state index in [9.17, 15) is 0 Å². The molecule has 0 radical (unpaired) electrons. The van der Waals surface area contributed by atoms with Gasteiger partial charge in [0.2, 0.25) is 0 Å². The minimum atomic E-state index is 0.253. The van der Waals surface area contributed by atoms with Crippen molar-refractivity contribution in [3.63, 3.8) is 0 Å². The molecule has 0 saturated heterocycles. The van der Waals surface area contributed by atoms with Crippen LogP contribution in [0.15, 0.2) is 30.6 Å². The van der Waals surface area contributed by atoms with E-state index >= 15 is 0 Å². The summed E-state index contributed by atoms with van der Waals surface area (Å²) >= 11 is 1.84. The average molecular weight is 272 g/mol. The molecule has 3 rings (SSSR count). The zero-order chi connectivity index (χ0) is 13.4. The largest absolute Gasteiger partial charge is 0.363 e. The average Bonchev–Trinajstić information content (AvgIpc) is 2.94.